The van der Waals surface area contributed by atoms with Crippen LogP contribution in [0.25, 0.3) is 10.8 Å². The normalized spacial score (nSPS) is 10.6. The van der Waals surface area contributed by atoms with Crippen molar-refractivity contribution in [1.29, 1.82) is 0 Å². The van der Waals surface area contributed by atoms with Crippen LogP contribution in [-0.4, -0.2) is 35.4 Å². The van der Waals surface area contributed by atoms with Gasteiger partial charge < -0.3 is 16.0 Å². The lowest BCUT2D eigenvalue weighted by Crippen LogP contribution is -2.35. The quantitative estimate of drug-likeness (QED) is 0.828. The zero-order chi connectivity index (χ0) is 15.4. The first-order valence-corrected chi connectivity index (χ1v) is 7.23. The minimum absolute atomic E-state index is 0.0933. The van der Waals surface area contributed by atoms with Crippen LogP contribution in [0.4, 0.5) is 11.4 Å². The van der Waals surface area contributed by atoms with Crippen LogP contribution in [0.3, 0.4) is 0 Å². The van der Waals surface area contributed by atoms with E-state index in [0.29, 0.717) is 5.69 Å². The number of carbonyl (C=O) groups is 1. The SMILES string of the molecule is CCN(CC)C(=O)CNc1ccc(N)c2cnc(C)cc12. The van der Waals surface area contributed by atoms with Crippen LogP contribution < -0.4 is 11.1 Å². The Kier molecular flexibility index (Phi) is 4.62. The van der Waals surface area contributed by atoms with E-state index in [2.05, 4.69) is 10.3 Å². The first-order valence-electron chi connectivity index (χ1n) is 7.23. The number of fused-ring (bicyclic) bond motifs is 1. The second-order valence-electron chi connectivity index (χ2n) is 4.99. The minimum Gasteiger partial charge on any atom is -0.398 e. The van der Waals surface area contributed by atoms with E-state index in [4.69, 9.17) is 5.73 Å². The van der Waals surface area contributed by atoms with Crippen LogP contribution in [0.1, 0.15) is 19.5 Å². The van der Waals surface area contributed by atoms with Crippen molar-refractivity contribution >= 4 is 28.1 Å². The van der Waals surface area contributed by atoms with Gasteiger partial charge in [-0.05, 0) is 39.0 Å². The van der Waals surface area contributed by atoms with Gasteiger partial charge in [0.2, 0.25) is 5.91 Å². The number of aromatic nitrogens is 1. The molecule has 1 aromatic carbocycles. The Hall–Kier alpha value is -2.30. The lowest BCUT2D eigenvalue weighted by Gasteiger charge is -2.19. The van der Waals surface area contributed by atoms with E-state index in [-0.39, 0.29) is 12.5 Å². The predicted molar refractivity (Wildman–Crippen MR) is 87.3 cm³/mol. The molecule has 112 valence electrons. The van der Waals surface area contributed by atoms with Crippen molar-refractivity contribution in [3.63, 3.8) is 0 Å². The number of nitrogens with two attached hydrogens (primary N) is 1. The summed E-state index contributed by atoms with van der Waals surface area (Å²) in [5.74, 6) is 0.0933. The van der Waals surface area contributed by atoms with Gasteiger partial charge in [-0.1, -0.05) is 0 Å². The molecule has 0 bridgehead atoms. The summed E-state index contributed by atoms with van der Waals surface area (Å²) >= 11 is 0. The summed E-state index contributed by atoms with van der Waals surface area (Å²) in [6.45, 7) is 7.63. The largest absolute Gasteiger partial charge is 0.398 e. The maximum Gasteiger partial charge on any atom is 0.241 e. The Balaban J connectivity index is 2.25. The van der Waals surface area contributed by atoms with E-state index in [9.17, 15) is 4.79 Å². The number of pyridine rings is 1. The molecule has 0 aliphatic carbocycles. The molecule has 1 amide bonds. The number of likely N-dealkylation sites (N-methyl/N-ethyl adjacent to an activating group) is 1. The van der Waals surface area contributed by atoms with Crippen molar-refractivity contribution in [2.75, 3.05) is 30.7 Å². The average molecular weight is 286 g/mol. The molecule has 2 rings (SSSR count). The average Bonchev–Trinajstić information content (AvgIpc) is 2.47. The minimum atomic E-state index is 0.0933. The molecule has 21 heavy (non-hydrogen) atoms. The van der Waals surface area contributed by atoms with E-state index in [0.717, 1.165) is 35.2 Å². The molecule has 0 atom stereocenters. The molecule has 0 radical (unpaired) electrons. The lowest BCUT2D eigenvalue weighted by molar-refractivity contribution is -0.128. The number of rotatable bonds is 5. The number of nitrogen functional groups attached to an aromatic ring is 1. The van der Waals surface area contributed by atoms with Crippen LogP contribution >= 0.6 is 0 Å². The standard InChI is InChI=1S/C16H22N4O/c1-4-20(5-2)16(21)10-19-15-7-6-14(17)13-9-18-11(3)8-12(13)15/h6-9,19H,4-5,10,17H2,1-3H3. The smallest absolute Gasteiger partial charge is 0.241 e. The van der Waals surface area contributed by atoms with Gasteiger partial charge >= 0.3 is 0 Å². The number of carbonyl (C=O) groups excluding carboxylic acids is 1. The predicted octanol–water partition coefficient (Wildman–Crippen LogP) is 2.41. The van der Waals surface area contributed by atoms with Crippen molar-refractivity contribution in [2.45, 2.75) is 20.8 Å². The highest BCUT2D eigenvalue weighted by molar-refractivity contribution is 6.01. The zero-order valence-electron chi connectivity index (χ0n) is 12.8. The fraction of sp³-hybridized carbons (Fsp3) is 0.375. The highest BCUT2D eigenvalue weighted by Gasteiger charge is 2.10. The van der Waals surface area contributed by atoms with Gasteiger partial charge in [-0.15, -0.1) is 0 Å². The molecule has 1 aromatic heterocycles. The maximum absolute atomic E-state index is 12.1. The summed E-state index contributed by atoms with van der Waals surface area (Å²) in [5, 5.41) is 5.12. The van der Waals surface area contributed by atoms with Crippen LogP contribution in [0.2, 0.25) is 0 Å². The highest BCUT2D eigenvalue weighted by atomic mass is 16.2. The van der Waals surface area contributed by atoms with Crippen molar-refractivity contribution in [3.05, 3.63) is 30.1 Å². The number of anilines is 2. The van der Waals surface area contributed by atoms with Crippen LogP contribution in [0.15, 0.2) is 24.4 Å². The van der Waals surface area contributed by atoms with Gasteiger partial charge in [0.05, 0.1) is 6.54 Å². The first-order chi connectivity index (χ1) is 10.1. The molecule has 2 aromatic rings. The monoisotopic (exact) mass is 286 g/mol. The summed E-state index contributed by atoms with van der Waals surface area (Å²) in [7, 11) is 0. The molecule has 5 nitrogen and oxygen atoms in total. The van der Waals surface area contributed by atoms with Gasteiger partial charge in [-0.2, -0.15) is 0 Å². The van der Waals surface area contributed by atoms with Crippen molar-refractivity contribution in [1.82, 2.24) is 9.88 Å². The van der Waals surface area contributed by atoms with Gasteiger partial charge in [0.25, 0.3) is 0 Å². The van der Waals surface area contributed by atoms with Crippen molar-refractivity contribution < 1.29 is 4.79 Å². The summed E-state index contributed by atoms with van der Waals surface area (Å²) < 4.78 is 0. The van der Waals surface area contributed by atoms with Gasteiger partial charge in [0.1, 0.15) is 0 Å². The second kappa shape index (κ2) is 6.43. The first kappa shape index (κ1) is 15.1. The molecular formula is C16H22N4O. The Morgan fingerprint density at radius 2 is 2.00 bits per heavy atom. The number of benzene rings is 1. The Morgan fingerprint density at radius 1 is 1.29 bits per heavy atom. The third-order valence-electron chi connectivity index (χ3n) is 3.62. The number of nitrogens with one attached hydrogen (secondary N) is 1. The fourth-order valence-electron chi connectivity index (χ4n) is 2.38. The second-order valence-corrected chi connectivity index (χ2v) is 4.99. The van der Waals surface area contributed by atoms with Crippen molar-refractivity contribution in [2.24, 2.45) is 0 Å². The van der Waals surface area contributed by atoms with Crippen LogP contribution in [0.5, 0.6) is 0 Å². The third-order valence-corrected chi connectivity index (χ3v) is 3.62. The molecule has 0 fully saturated rings. The van der Waals surface area contributed by atoms with Crippen molar-refractivity contribution in [3.8, 4) is 0 Å². The lowest BCUT2D eigenvalue weighted by atomic mass is 10.1. The summed E-state index contributed by atoms with van der Waals surface area (Å²) in [6, 6.07) is 5.73. The Morgan fingerprint density at radius 3 is 2.67 bits per heavy atom. The van der Waals surface area contributed by atoms with Gasteiger partial charge in [0.15, 0.2) is 0 Å². The Bertz CT molecular complexity index is 650. The number of aryl methyl sites for hydroxylation is 1. The number of hydrogen-bond acceptors (Lipinski definition) is 4. The fourth-order valence-corrected chi connectivity index (χ4v) is 2.38. The van der Waals surface area contributed by atoms with E-state index >= 15 is 0 Å². The number of nitrogens with zero attached hydrogens (tertiary/aromatic N) is 2. The molecular weight excluding hydrogens is 264 g/mol. The van der Waals surface area contributed by atoms with Gasteiger partial charge in [0, 0.05) is 47.1 Å². The molecule has 0 spiro atoms. The molecule has 0 saturated carbocycles. The van der Waals surface area contributed by atoms with Gasteiger partial charge in [-0.3, -0.25) is 9.78 Å². The Labute approximate surface area is 125 Å². The van der Waals surface area contributed by atoms with E-state index in [1.54, 1.807) is 11.1 Å². The molecule has 0 aliphatic heterocycles. The maximum atomic E-state index is 12.1. The molecule has 1 heterocycles. The van der Waals surface area contributed by atoms with E-state index in [1.807, 2.05) is 39.0 Å². The molecule has 3 N–H and O–H groups in total. The van der Waals surface area contributed by atoms with E-state index in [1.165, 1.54) is 0 Å². The molecule has 0 unspecified atom stereocenters. The highest BCUT2D eigenvalue weighted by Crippen LogP contribution is 2.28. The molecule has 0 aliphatic rings. The van der Waals surface area contributed by atoms with Crippen LogP contribution in [-0.2, 0) is 4.79 Å². The zero-order valence-corrected chi connectivity index (χ0v) is 12.8. The molecule has 0 saturated heterocycles. The number of hydrogen-bond donors (Lipinski definition) is 2. The number of amides is 1. The summed E-state index contributed by atoms with van der Waals surface area (Å²) in [4.78, 5) is 18.2. The summed E-state index contributed by atoms with van der Waals surface area (Å²) in [5.41, 5.74) is 8.50. The molecule has 5 heteroatoms. The topological polar surface area (TPSA) is 71.2 Å². The van der Waals surface area contributed by atoms with Crippen LogP contribution in [0, 0.1) is 6.92 Å². The third kappa shape index (κ3) is 3.24. The van der Waals surface area contributed by atoms with E-state index < -0.39 is 0 Å². The summed E-state index contributed by atoms with van der Waals surface area (Å²) in [6.07, 6.45) is 1.78. The van der Waals surface area contributed by atoms with Gasteiger partial charge in [-0.25, -0.2) is 0 Å².